The second kappa shape index (κ2) is 6.83. The summed E-state index contributed by atoms with van der Waals surface area (Å²) in [5.41, 5.74) is 5.99. The number of halogens is 1. The Morgan fingerprint density at radius 2 is 2.05 bits per heavy atom. The summed E-state index contributed by atoms with van der Waals surface area (Å²) in [6.07, 6.45) is 1.68. The van der Waals surface area contributed by atoms with Crippen LogP contribution in [0.5, 0.6) is 0 Å². The Hall–Kier alpha value is -1.02. The van der Waals surface area contributed by atoms with Crippen LogP contribution in [0.3, 0.4) is 0 Å². The average molecular weight is 316 g/mol. The molecule has 0 spiro atoms. The first-order valence-electron chi connectivity index (χ1n) is 6.97. The second-order valence-corrected chi connectivity index (χ2v) is 7.31. The Labute approximate surface area is 124 Å². The molecule has 0 unspecified atom stereocenters. The molecular weight excluding hydrogens is 295 g/mol. The van der Waals surface area contributed by atoms with Crippen molar-refractivity contribution in [2.45, 2.75) is 24.3 Å². The van der Waals surface area contributed by atoms with E-state index >= 15 is 0 Å². The molecule has 0 radical (unpaired) electrons. The van der Waals surface area contributed by atoms with Gasteiger partial charge >= 0.3 is 0 Å². The zero-order chi connectivity index (χ0) is 15.5. The van der Waals surface area contributed by atoms with Crippen molar-refractivity contribution in [1.29, 1.82) is 0 Å². The van der Waals surface area contributed by atoms with Crippen LogP contribution in [0.15, 0.2) is 23.1 Å². The second-order valence-electron chi connectivity index (χ2n) is 5.30. The Balaban J connectivity index is 2.22. The monoisotopic (exact) mass is 316 g/mol. The number of hydrogen-bond acceptors (Lipinski definition) is 4. The molecule has 2 rings (SSSR count). The third-order valence-electron chi connectivity index (χ3n) is 3.79. The molecule has 21 heavy (non-hydrogen) atoms. The van der Waals surface area contributed by atoms with E-state index in [2.05, 4.69) is 0 Å². The molecule has 5 nitrogen and oxygen atoms in total. The molecular formula is C14H21FN2O3S. The van der Waals surface area contributed by atoms with Gasteiger partial charge < -0.3 is 10.5 Å². The van der Waals surface area contributed by atoms with Gasteiger partial charge in [0.1, 0.15) is 5.82 Å². The van der Waals surface area contributed by atoms with Crippen LogP contribution in [0.25, 0.3) is 0 Å². The molecule has 1 aromatic carbocycles. The highest BCUT2D eigenvalue weighted by Crippen LogP contribution is 2.23. The summed E-state index contributed by atoms with van der Waals surface area (Å²) < 4.78 is 45.2. The summed E-state index contributed by atoms with van der Waals surface area (Å²) >= 11 is 0. The van der Waals surface area contributed by atoms with Gasteiger partial charge in [-0.15, -0.1) is 0 Å². The Kier molecular flexibility index (Phi) is 5.32. The van der Waals surface area contributed by atoms with E-state index in [9.17, 15) is 12.8 Å². The quantitative estimate of drug-likeness (QED) is 0.889. The van der Waals surface area contributed by atoms with Crippen molar-refractivity contribution in [2.75, 3.05) is 26.8 Å². The zero-order valence-corrected chi connectivity index (χ0v) is 12.9. The first kappa shape index (κ1) is 16.4. The highest BCUT2D eigenvalue weighted by molar-refractivity contribution is 7.89. The lowest BCUT2D eigenvalue weighted by Crippen LogP contribution is -2.34. The van der Waals surface area contributed by atoms with Crippen LogP contribution in [0, 0.1) is 11.7 Å². The summed E-state index contributed by atoms with van der Waals surface area (Å²) in [5.74, 6) is -0.307. The molecule has 0 amide bonds. The van der Waals surface area contributed by atoms with E-state index in [1.54, 1.807) is 0 Å². The minimum absolute atomic E-state index is 0.0421. The number of sulfonamides is 1. The summed E-state index contributed by atoms with van der Waals surface area (Å²) in [7, 11) is -2.21. The summed E-state index contributed by atoms with van der Waals surface area (Å²) in [6, 6.07) is 3.68. The standard InChI is InChI=1S/C14H21FN2O3S/c1-17(10-11-4-6-20-7-5-11)21(18,19)14-8-13(15)3-2-12(14)9-16/h2-3,8,11H,4-7,9-10,16H2,1H3. The fourth-order valence-electron chi connectivity index (χ4n) is 2.50. The first-order chi connectivity index (χ1) is 9.95. The number of nitrogens with zero attached hydrogens (tertiary/aromatic N) is 1. The van der Waals surface area contributed by atoms with Crippen LogP contribution in [0.1, 0.15) is 18.4 Å². The number of ether oxygens (including phenoxy) is 1. The van der Waals surface area contributed by atoms with Gasteiger partial charge in [0.15, 0.2) is 0 Å². The Bertz CT molecular complexity index is 586. The van der Waals surface area contributed by atoms with Crippen molar-refractivity contribution >= 4 is 10.0 Å². The molecule has 1 aliphatic rings. The van der Waals surface area contributed by atoms with Gasteiger partial charge in [-0.25, -0.2) is 17.1 Å². The van der Waals surface area contributed by atoms with Gasteiger partial charge in [-0.05, 0) is 36.5 Å². The van der Waals surface area contributed by atoms with Crippen LogP contribution in [0.2, 0.25) is 0 Å². The van der Waals surface area contributed by atoms with E-state index in [1.165, 1.54) is 23.5 Å². The van der Waals surface area contributed by atoms with Gasteiger partial charge in [0.05, 0.1) is 4.90 Å². The van der Waals surface area contributed by atoms with E-state index in [-0.39, 0.29) is 17.4 Å². The third-order valence-corrected chi connectivity index (χ3v) is 5.70. The Morgan fingerprint density at radius 1 is 1.38 bits per heavy atom. The molecule has 0 saturated carbocycles. The summed E-state index contributed by atoms with van der Waals surface area (Å²) in [4.78, 5) is -0.0421. The van der Waals surface area contributed by atoms with Crippen LogP contribution in [-0.4, -0.2) is 39.5 Å². The maximum atomic E-state index is 13.4. The smallest absolute Gasteiger partial charge is 0.243 e. The van der Waals surface area contributed by atoms with Crippen molar-refractivity contribution in [2.24, 2.45) is 11.7 Å². The fourth-order valence-corrected chi connectivity index (χ4v) is 3.98. The van der Waals surface area contributed by atoms with Crippen molar-refractivity contribution in [1.82, 2.24) is 4.31 Å². The molecule has 7 heteroatoms. The minimum Gasteiger partial charge on any atom is -0.381 e. The van der Waals surface area contributed by atoms with Gasteiger partial charge in [0.2, 0.25) is 10.0 Å². The van der Waals surface area contributed by atoms with Gasteiger partial charge in [0.25, 0.3) is 0 Å². The van der Waals surface area contributed by atoms with Gasteiger partial charge in [-0.2, -0.15) is 0 Å². The van der Waals surface area contributed by atoms with Gasteiger partial charge in [-0.1, -0.05) is 6.07 Å². The predicted octanol–water partition coefficient (Wildman–Crippen LogP) is 1.33. The molecule has 0 aromatic heterocycles. The van der Waals surface area contributed by atoms with Crippen LogP contribution < -0.4 is 5.73 Å². The van der Waals surface area contributed by atoms with E-state index in [4.69, 9.17) is 10.5 Å². The lowest BCUT2D eigenvalue weighted by molar-refractivity contribution is 0.0620. The molecule has 1 fully saturated rings. The molecule has 1 aromatic rings. The molecule has 118 valence electrons. The highest BCUT2D eigenvalue weighted by atomic mass is 32.2. The lowest BCUT2D eigenvalue weighted by atomic mass is 10.0. The topological polar surface area (TPSA) is 72.6 Å². The Morgan fingerprint density at radius 3 is 2.67 bits per heavy atom. The van der Waals surface area contributed by atoms with E-state index in [1.807, 2.05) is 0 Å². The fraction of sp³-hybridized carbons (Fsp3) is 0.571. The first-order valence-corrected chi connectivity index (χ1v) is 8.41. The summed E-state index contributed by atoms with van der Waals surface area (Å²) in [6.45, 7) is 1.78. The SMILES string of the molecule is CN(CC1CCOCC1)S(=O)(=O)c1cc(F)ccc1CN. The number of benzene rings is 1. The molecule has 0 atom stereocenters. The molecule has 1 aliphatic heterocycles. The van der Waals surface area contributed by atoms with Crippen molar-refractivity contribution in [3.05, 3.63) is 29.6 Å². The van der Waals surface area contributed by atoms with E-state index in [0.717, 1.165) is 18.9 Å². The average Bonchev–Trinajstić information content (AvgIpc) is 2.48. The minimum atomic E-state index is -3.73. The van der Waals surface area contributed by atoms with Crippen LogP contribution in [-0.2, 0) is 21.3 Å². The van der Waals surface area contributed by atoms with Gasteiger partial charge in [0, 0.05) is 33.4 Å². The molecule has 1 saturated heterocycles. The molecule has 2 N–H and O–H groups in total. The molecule has 1 heterocycles. The summed E-state index contributed by atoms with van der Waals surface area (Å²) in [5, 5.41) is 0. The maximum Gasteiger partial charge on any atom is 0.243 e. The molecule has 0 aliphatic carbocycles. The normalized spacial score (nSPS) is 17.3. The number of hydrogen-bond donors (Lipinski definition) is 1. The van der Waals surface area contributed by atoms with E-state index in [0.29, 0.717) is 25.3 Å². The maximum absolute atomic E-state index is 13.4. The van der Waals surface area contributed by atoms with E-state index < -0.39 is 15.8 Å². The van der Waals surface area contributed by atoms with Crippen LogP contribution in [0.4, 0.5) is 4.39 Å². The van der Waals surface area contributed by atoms with Crippen molar-refractivity contribution < 1.29 is 17.5 Å². The number of nitrogens with two attached hydrogens (primary N) is 1. The highest BCUT2D eigenvalue weighted by Gasteiger charge is 2.27. The van der Waals surface area contributed by atoms with Crippen LogP contribution >= 0.6 is 0 Å². The van der Waals surface area contributed by atoms with Gasteiger partial charge in [-0.3, -0.25) is 0 Å². The largest absolute Gasteiger partial charge is 0.381 e. The lowest BCUT2D eigenvalue weighted by Gasteiger charge is -2.27. The van der Waals surface area contributed by atoms with Crippen molar-refractivity contribution in [3.63, 3.8) is 0 Å². The predicted molar refractivity (Wildman–Crippen MR) is 77.7 cm³/mol. The third kappa shape index (κ3) is 3.79. The zero-order valence-electron chi connectivity index (χ0n) is 12.1. The number of rotatable bonds is 5. The molecule has 0 bridgehead atoms. The van der Waals surface area contributed by atoms with Crippen molar-refractivity contribution in [3.8, 4) is 0 Å².